The maximum absolute atomic E-state index is 12.8. The van der Waals surface area contributed by atoms with Gasteiger partial charge in [0.15, 0.2) is 0 Å². The van der Waals surface area contributed by atoms with Gasteiger partial charge in [-0.3, -0.25) is 9.79 Å². The molecule has 23 heavy (non-hydrogen) atoms. The molecule has 4 heteroatoms. The fraction of sp³-hybridized carbons (Fsp3) is 0.684. The Morgan fingerprint density at radius 3 is 3.09 bits per heavy atom. The first kappa shape index (κ1) is 15.5. The fourth-order valence-electron chi connectivity index (χ4n) is 4.71. The van der Waals surface area contributed by atoms with Crippen LogP contribution in [-0.2, 0) is 4.79 Å². The summed E-state index contributed by atoms with van der Waals surface area (Å²) in [6.45, 7) is 0.885. The van der Waals surface area contributed by atoms with Crippen molar-refractivity contribution in [3.63, 3.8) is 0 Å². The number of nitrogens with zero attached hydrogens (tertiary/aromatic N) is 1. The highest BCUT2D eigenvalue weighted by Crippen LogP contribution is 2.57. The molecule has 2 aliphatic heterocycles. The number of aliphatic imine (C=N–C) groups is 1. The summed E-state index contributed by atoms with van der Waals surface area (Å²) in [6.07, 6.45) is 17.1. The molecule has 0 bridgehead atoms. The lowest BCUT2D eigenvalue weighted by molar-refractivity contribution is -0.126. The number of thioether (sulfide) groups is 1. The largest absolute Gasteiger partial charge is 0.356 e. The van der Waals surface area contributed by atoms with Crippen LogP contribution in [0.4, 0.5) is 0 Å². The smallest absolute Gasteiger partial charge is 0.224 e. The number of rotatable bonds is 3. The molecule has 4 aliphatic rings. The Hall–Kier alpha value is -1.03. The van der Waals surface area contributed by atoms with Crippen molar-refractivity contribution in [2.75, 3.05) is 12.3 Å². The Morgan fingerprint density at radius 1 is 1.35 bits per heavy atom. The van der Waals surface area contributed by atoms with Gasteiger partial charge in [0, 0.05) is 18.5 Å². The first-order valence-corrected chi connectivity index (χ1v) is 10.1. The number of amides is 1. The molecule has 3 nitrogen and oxygen atoms in total. The quantitative estimate of drug-likeness (QED) is 0.857. The second-order valence-corrected chi connectivity index (χ2v) is 8.74. The van der Waals surface area contributed by atoms with E-state index >= 15 is 0 Å². The summed E-state index contributed by atoms with van der Waals surface area (Å²) < 4.78 is 0.0658. The summed E-state index contributed by atoms with van der Waals surface area (Å²) in [5, 5.41) is 3.29. The van der Waals surface area contributed by atoms with E-state index in [1.807, 2.05) is 18.0 Å². The van der Waals surface area contributed by atoms with Crippen LogP contribution in [0.3, 0.4) is 0 Å². The topological polar surface area (TPSA) is 41.5 Å². The van der Waals surface area contributed by atoms with Gasteiger partial charge >= 0.3 is 0 Å². The van der Waals surface area contributed by atoms with Gasteiger partial charge in [0.2, 0.25) is 5.91 Å². The number of carbonyl (C=O) groups excluding carboxylic acids is 1. The van der Waals surface area contributed by atoms with E-state index in [0.717, 1.165) is 25.1 Å². The van der Waals surface area contributed by atoms with Gasteiger partial charge in [0.1, 0.15) is 0 Å². The van der Waals surface area contributed by atoms with Crippen molar-refractivity contribution in [3.8, 4) is 0 Å². The van der Waals surface area contributed by atoms with E-state index in [1.165, 1.54) is 37.8 Å². The Kier molecular flexibility index (Phi) is 4.35. The van der Waals surface area contributed by atoms with Gasteiger partial charge in [-0.05, 0) is 43.6 Å². The molecule has 2 heterocycles. The molecule has 1 saturated carbocycles. The summed E-state index contributed by atoms with van der Waals surface area (Å²) in [4.78, 5) is 17.4. The maximum atomic E-state index is 12.8. The van der Waals surface area contributed by atoms with E-state index in [0.29, 0.717) is 11.8 Å². The highest BCUT2D eigenvalue weighted by atomic mass is 32.2. The zero-order chi connectivity index (χ0) is 15.7. The molecule has 3 unspecified atom stereocenters. The number of carbonyl (C=O) groups is 1. The van der Waals surface area contributed by atoms with Crippen molar-refractivity contribution >= 4 is 23.9 Å². The van der Waals surface area contributed by atoms with Crippen LogP contribution >= 0.6 is 11.8 Å². The minimum atomic E-state index is 0.0658. The maximum Gasteiger partial charge on any atom is 0.224 e. The minimum Gasteiger partial charge on any atom is -0.356 e. The molecular formula is C19H26N2OS. The molecule has 2 aliphatic carbocycles. The summed E-state index contributed by atoms with van der Waals surface area (Å²) in [5.74, 6) is 2.49. The second-order valence-electron chi connectivity index (χ2n) is 7.39. The average Bonchev–Trinajstić information content (AvgIpc) is 2.98. The fourth-order valence-corrected chi connectivity index (χ4v) is 6.52. The van der Waals surface area contributed by atoms with Crippen LogP contribution in [0.2, 0.25) is 0 Å². The minimum absolute atomic E-state index is 0.0658. The molecule has 2 fully saturated rings. The molecule has 1 amide bonds. The van der Waals surface area contributed by atoms with Crippen molar-refractivity contribution < 1.29 is 4.79 Å². The first-order valence-electron chi connectivity index (χ1n) is 9.11. The molecule has 3 atom stereocenters. The standard InChI is InChI=1S/C19H26N2OS/c22-18(21-12-14-6-2-1-3-7-14)15-13-23-19-10-5-4-8-17(19)20-11-9-16(15)19/h4-5,8,11,14-16H,1-3,6-7,9-10,12-13H2,(H,21,22). The van der Waals surface area contributed by atoms with Gasteiger partial charge in [-0.1, -0.05) is 31.4 Å². The van der Waals surface area contributed by atoms with Crippen molar-refractivity contribution in [2.24, 2.45) is 22.7 Å². The number of nitrogens with one attached hydrogen (secondary N) is 1. The number of hydrogen-bond acceptors (Lipinski definition) is 3. The third-order valence-corrected chi connectivity index (χ3v) is 7.79. The summed E-state index contributed by atoms with van der Waals surface area (Å²) in [7, 11) is 0. The molecule has 0 aromatic carbocycles. The normalized spacial score (nSPS) is 36.3. The Morgan fingerprint density at radius 2 is 2.22 bits per heavy atom. The average molecular weight is 330 g/mol. The summed E-state index contributed by atoms with van der Waals surface area (Å²) in [6, 6.07) is 0. The van der Waals surface area contributed by atoms with Crippen LogP contribution in [0.1, 0.15) is 44.9 Å². The molecule has 1 spiro atoms. The van der Waals surface area contributed by atoms with E-state index in [2.05, 4.69) is 28.5 Å². The van der Waals surface area contributed by atoms with Gasteiger partial charge in [-0.25, -0.2) is 0 Å². The molecule has 4 rings (SSSR count). The van der Waals surface area contributed by atoms with Crippen LogP contribution in [0.15, 0.2) is 28.9 Å². The summed E-state index contributed by atoms with van der Waals surface area (Å²) >= 11 is 1.96. The number of hydrogen-bond donors (Lipinski definition) is 1. The zero-order valence-corrected chi connectivity index (χ0v) is 14.5. The third kappa shape index (κ3) is 2.79. The van der Waals surface area contributed by atoms with E-state index < -0.39 is 0 Å². The lowest BCUT2D eigenvalue weighted by atomic mass is 9.73. The van der Waals surface area contributed by atoms with Crippen LogP contribution < -0.4 is 5.32 Å². The monoisotopic (exact) mass is 330 g/mol. The van der Waals surface area contributed by atoms with Crippen molar-refractivity contribution in [1.29, 1.82) is 0 Å². The molecule has 1 saturated heterocycles. The number of allylic oxidation sites excluding steroid dienone is 3. The van der Waals surface area contributed by atoms with Crippen molar-refractivity contribution in [2.45, 2.75) is 49.7 Å². The van der Waals surface area contributed by atoms with Crippen molar-refractivity contribution in [3.05, 3.63) is 23.9 Å². The molecule has 0 aromatic rings. The van der Waals surface area contributed by atoms with E-state index in [9.17, 15) is 4.79 Å². The highest BCUT2D eigenvalue weighted by Gasteiger charge is 2.54. The van der Waals surface area contributed by atoms with Gasteiger partial charge in [-0.2, -0.15) is 0 Å². The van der Waals surface area contributed by atoms with Crippen LogP contribution in [0, 0.1) is 17.8 Å². The van der Waals surface area contributed by atoms with Crippen LogP contribution in [0.5, 0.6) is 0 Å². The van der Waals surface area contributed by atoms with E-state index in [4.69, 9.17) is 0 Å². The molecule has 124 valence electrons. The van der Waals surface area contributed by atoms with Crippen molar-refractivity contribution in [1.82, 2.24) is 5.32 Å². The van der Waals surface area contributed by atoms with Gasteiger partial charge in [0.05, 0.1) is 16.4 Å². The predicted molar refractivity (Wildman–Crippen MR) is 96.7 cm³/mol. The molecule has 0 aromatic heterocycles. The predicted octanol–water partition coefficient (Wildman–Crippen LogP) is 3.72. The van der Waals surface area contributed by atoms with E-state index in [1.54, 1.807) is 0 Å². The Labute approximate surface area is 143 Å². The highest BCUT2D eigenvalue weighted by molar-refractivity contribution is 8.01. The molecule has 1 N–H and O–H groups in total. The van der Waals surface area contributed by atoms with Crippen LogP contribution in [0.25, 0.3) is 0 Å². The lowest BCUT2D eigenvalue weighted by Gasteiger charge is -2.39. The molecular weight excluding hydrogens is 304 g/mol. The summed E-state index contributed by atoms with van der Waals surface area (Å²) in [5.41, 5.74) is 1.18. The van der Waals surface area contributed by atoms with Gasteiger partial charge in [0.25, 0.3) is 0 Å². The lowest BCUT2D eigenvalue weighted by Crippen LogP contribution is -2.44. The second kappa shape index (κ2) is 6.46. The molecule has 0 radical (unpaired) electrons. The zero-order valence-electron chi connectivity index (χ0n) is 13.7. The Balaban J connectivity index is 1.42. The third-order valence-electron chi connectivity index (χ3n) is 6.07. The first-order chi connectivity index (χ1) is 11.3. The van der Waals surface area contributed by atoms with Gasteiger partial charge in [-0.15, -0.1) is 11.8 Å². The van der Waals surface area contributed by atoms with E-state index in [-0.39, 0.29) is 16.6 Å². The Bertz CT molecular complexity index is 562. The SMILES string of the molecule is O=C(NCC1CCCCC1)C1CSC23CC=CC=C2N=CCC13. The van der Waals surface area contributed by atoms with Gasteiger partial charge < -0.3 is 5.32 Å². The van der Waals surface area contributed by atoms with Crippen LogP contribution in [-0.4, -0.2) is 29.2 Å².